The molecule has 0 saturated carbocycles. The molecule has 1 aromatic carbocycles. The van der Waals surface area contributed by atoms with Crippen molar-refractivity contribution in [2.75, 3.05) is 11.1 Å². The van der Waals surface area contributed by atoms with E-state index in [0.29, 0.717) is 10.7 Å². The van der Waals surface area contributed by atoms with Gasteiger partial charge in [0.2, 0.25) is 5.13 Å². The lowest BCUT2D eigenvalue weighted by Gasteiger charge is -2.02. The molecule has 2 aromatic rings. The molecule has 0 saturated heterocycles. The SMILES string of the molecule is CCCSc1nnc(NC(=O)c2ccccc2I)s1. The Kier molecular flexibility index (Phi) is 5.59. The molecule has 1 N–H and O–H groups in total. The number of rotatable bonds is 5. The average Bonchev–Trinajstić information content (AvgIpc) is 2.84. The molecule has 0 aliphatic heterocycles. The largest absolute Gasteiger partial charge is 0.296 e. The molecule has 1 amide bonds. The van der Waals surface area contributed by atoms with E-state index in [2.05, 4.69) is 45.0 Å². The van der Waals surface area contributed by atoms with Gasteiger partial charge in [0.05, 0.1) is 5.56 Å². The molecule has 0 aliphatic rings. The molecule has 4 nitrogen and oxygen atoms in total. The van der Waals surface area contributed by atoms with Crippen molar-refractivity contribution >= 4 is 56.7 Å². The van der Waals surface area contributed by atoms with E-state index >= 15 is 0 Å². The summed E-state index contributed by atoms with van der Waals surface area (Å²) in [6.07, 6.45) is 1.09. The zero-order chi connectivity index (χ0) is 13.7. The number of carbonyl (C=O) groups is 1. The maximum absolute atomic E-state index is 12.1. The monoisotopic (exact) mass is 405 g/mol. The highest BCUT2D eigenvalue weighted by Crippen LogP contribution is 2.26. The van der Waals surface area contributed by atoms with Crippen LogP contribution in [0.15, 0.2) is 28.6 Å². The Balaban J connectivity index is 2.03. The van der Waals surface area contributed by atoms with Crippen molar-refractivity contribution in [3.8, 4) is 0 Å². The third kappa shape index (κ3) is 4.15. The van der Waals surface area contributed by atoms with E-state index in [-0.39, 0.29) is 5.91 Å². The molecule has 0 radical (unpaired) electrons. The summed E-state index contributed by atoms with van der Waals surface area (Å²) in [7, 11) is 0. The molecule has 0 spiro atoms. The van der Waals surface area contributed by atoms with E-state index in [1.54, 1.807) is 17.8 Å². The van der Waals surface area contributed by atoms with Gasteiger partial charge in [-0.3, -0.25) is 10.1 Å². The van der Waals surface area contributed by atoms with Crippen LogP contribution in [0.2, 0.25) is 0 Å². The lowest BCUT2D eigenvalue weighted by Crippen LogP contribution is -2.13. The number of benzene rings is 1. The van der Waals surface area contributed by atoms with Gasteiger partial charge in [0.25, 0.3) is 5.91 Å². The zero-order valence-corrected chi connectivity index (χ0v) is 14.0. The van der Waals surface area contributed by atoms with Crippen molar-refractivity contribution in [3.63, 3.8) is 0 Å². The fourth-order valence-electron chi connectivity index (χ4n) is 1.32. The average molecular weight is 405 g/mol. The van der Waals surface area contributed by atoms with Crippen LogP contribution in [-0.4, -0.2) is 21.9 Å². The molecule has 0 aliphatic carbocycles. The summed E-state index contributed by atoms with van der Waals surface area (Å²) in [4.78, 5) is 12.1. The molecule has 7 heteroatoms. The topological polar surface area (TPSA) is 54.9 Å². The minimum atomic E-state index is -0.145. The highest BCUT2D eigenvalue weighted by molar-refractivity contribution is 14.1. The first-order valence-electron chi connectivity index (χ1n) is 5.73. The Morgan fingerprint density at radius 3 is 2.95 bits per heavy atom. The minimum absolute atomic E-state index is 0.145. The van der Waals surface area contributed by atoms with E-state index in [4.69, 9.17) is 0 Å². The second-order valence-corrected chi connectivity index (χ2v) is 7.14. The summed E-state index contributed by atoms with van der Waals surface area (Å²) in [5.74, 6) is 0.868. The van der Waals surface area contributed by atoms with Gasteiger partial charge in [0, 0.05) is 9.32 Å². The Hall–Kier alpha value is -0.670. The quantitative estimate of drug-likeness (QED) is 0.466. The van der Waals surface area contributed by atoms with Crippen molar-refractivity contribution in [1.29, 1.82) is 0 Å². The third-order valence-electron chi connectivity index (χ3n) is 2.18. The van der Waals surface area contributed by atoms with Gasteiger partial charge in [-0.1, -0.05) is 42.2 Å². The van der Waals surface area contributed by atoms with Crippen molar-refractivity contribution in [2.45, 2.75) is 17.7 Å². The van der Waals surface area contributed by atoms with Gasteiger partial charge in [-0.25, -0.2) is 0 Å². The molecule has 2 rings (SSSR count). The molecule has 0 unspecified atom stereocenters. The summed E-state index contributed by atoms with van der Waals surface area (Å²) in [6, 6.07) is 7.45. The predicted molar refractivity (Wildman–Crippen MR) is 88.0 cm³/mol. The van der Waals surface area contributed by atoms with Gasteiger partial charge in [-0.15, -0.1) is 10.2 Å². The van der Waals surface area contributed by atoms with Crippen LogP contribution in [0.25, 0.3) is 0 Å². The van der Waals surface area contributed by atoms with Crippen LogP contribution < -0.4 is 5.32 Å². The molecular weight excluding hydrogens is 393 g/mol. The summed E-state index contributed by atoms with van der Waals surface area (Å²) in [5.41, 5.74) is 0.654. The van der Waals surface area contributed by atoms with Crippen LogP contribution in [0.4, 0.5) is 5.13 Å². The van der Waals surface area contributed by atoms with Crippen molar-refractivity contribution in [1.82, 2.24) is 10.2 Å². The molecule has 0 bridgehead atoms. The maximum atomic E-state index is 12.1. The smallest absolute Gasteiger partial charge is 0.258 e. The number of amides is 1. The van der Waals surface area contributed by atoms with Crippen LogP contribution in [0, 0.1) is 3.57 Å². The number of carbonyl (C=O) groups excluding carboxylic acids is 1. The summed E-state index contributed by atoms with van der Waals surface area (Å²) >= 11 is 5.21. The second-order valence-electron chi connectivity index (χ2n) is 3.66. The van der Waals surface area contributed by atoms with Crippen molar-refractivity contribution in [3.05, 3.63) is 33.4 Å². The second kappa shape index (κ2) is 7.20. The third-order valence-corrected chi connectivity index (χ3v) is 5.29. The van der Waals surface area contributed by atoms with E-state index in [9.17, 15) is 4.79 Å². The van der Waals surface area contributed by atoms with Gasteiger partial charge < -0.3 is 0 Å². The molecular formula is C12H12IN3OS2. The highest BCUT2D eigenvalue weighted by Gasteiger charge is 2.12. The fourth-order valence-corrected chi connectivity index (χ4v) is 3.62. The van der Waals surface area contributed by atoms with Gasteiger partial charge >= 0.3 is 0 Å². The van der Waals surface area contributed by atoms with Crippen LogP contribution in [0.5, 0.6) is 0 Å². The Bertz CT molecular complexity index is 574. The van der Waals surface area contributed by atoms with Crippen LogP contribution in [0.1, 0.15) is 23.7 Å². The molecule has 100 valence electrons. The van der Waals surface area contributed by atoms with E-state index in [1.807, 2.05) is 18.2 Å². The van der Waals surface area contributed by atoms with Crippen molar-refractivity contribution < 1.29 is 4.79 Å². The molecule has 0 fully saturated rings. The Morgan fingerprint density at radius 2 is 2.21 bits per heavy atom. The summed E-state index contributed by atoms with van der Waals surface area (Å²) in [6.45, 7) is 2.12. The van der Waals surface area contributed by atoms with Crippen molar-refractivity contribution in [2.24, 2.45) is 0 Å². The number of halogens is 1. The predicted octanol–water partition coefficient (Wildman–Crippen LogP) is 3.90. The van der Waals surface area contributed by atoms with E-state index in [0.717, 1.165) is 20.1 Å². The zero-order valence-electron chi connectivity index (χ0n) is 10.2. The lowest BCUT2D eigenvalue weighted by atomic mass is 10.2. The first kappa shape index (κ1) is 14.7. The van der Waals surface area contributed by atoms with Crippen LogP contribution in [-0.2, 0) is 0 Å². The molecule has 1 heterocycles. The number of hydrogen-bond acceptors (Lipinski definition) is 5. The minimum Gasteiger partial charge on any atom is -0.296 e. The first-order chi connectivity index (χ1) is 9.20. The molecule has 0 atom stereocenters. The number of nitrogens with zero attached hydrogens (tertiary/aromatic N) is 2. The summed E-state index contributed by atoms with van der Waals surface area (Å²) < 4.78 is 1.81. The fraction of sp³-hybridized carbons (Fsp3) is 0.250. The van der Waals surface area contributed by atoms with Gasteiger partial charge in [0.15, 0.2) is 4.34 Å². The molecule has 1 aromatic heterocycles. The Morgan fingerprint density at radius 1 is 1.42 bits per heavy atom. The van der Waals surface area contributed by atoms with Gasteiger partial charge in [-0.2, -0.15) is 0 Å². The number of thioether (sulfide) groups is 1. The molecule has 19 heavy (non-hydrogen) atoms. The van der Waals surface area contributed by atoms with Gasteiger partial charge in [0.1, 0.15) is 0 Å². The van der Waals surface area contributed by atoms with Crippen LogP contribution in [0.3, 0.4) is 0 Å². The van der Waals surface area contributed by atoms with Gasteiger partial charge in [-0.05, 0) is 41.1 Å². The number of hydrogen-bond donors (Lipinski definition) is 1. The first-order valence-corrected chi connectivity index (χ1v) is 8.61. The normalized spacial score (nSPS) is 10.4. The number of anilines is 1. The maximum Gasteiger partial charge on any atom is 0.258 e. The van der Waals surface area contributed by atoms with E-state index in [1.165, 1.54) is 11.3 Å². The highest BCUT2D eigenvalue weighted by atomic mass is 127. The standard InChI is InChI=1S/C12H12IN3OS2/c1-2-7-18-12-16-15-11(19-12)14-10(17)8-5-3-4-6-9(8)13/h3-6H,2,7H2,1H3,(H,14,15,17). The van der Waals surface area contributed by atoms with Crippen LogP contribution >= 0.6 is 45.7 Å². The number of nitrogens with one attached hydrogen (secondary N) is 1. The number of aromatic nitrogens is 2. The van der Waals surface area contributed by atoms with E-state index < -0.39 is 0 Å². The Labute approximate surface area is 133 Å². The summed E-state index contributed by atoms with van der Waals surface area (Å²) in [5, 5.41) is 11.3. The lowest BCUT2D eigenvalue weighted by molar-refractivity contribution is 0.102.